The lowest BCUT2D eigenvalue weighted by Gasteiger charge is -2.06. The minimum absolute atomic E-state index is 0.0142. The van der Waals surface area contributed by atoms with Crippen molar-refractivity contribution >= 4 is 11.9 Å². The number of rotatable bonds is 43. The van der Waals surface area contributed by atoms with Gasteiger partial charge in [0.1, 0.15) is 0 Å². The Hall–Kier alpha value is -1.06. The Bertz CT molecular complexity index is 607. The lowest BCUT2D eigenvalue weighted by Crippen LogP contribution is -2.05. The third-order valence-electron chi connectivity index (χ3n) is 10.5. The third kappa shape index (κ3) is 43.1. The molecule has 0 aromatic heterocycles. The molecule has 0 saturated heterocycles. The summed E-state index contributed by atoms with van der Waals surface area (Å²) in [5, 5.41) is 0. The number of hydrogen-bond donors (Lipinski definition) is 0. The molecule has 0 rings (SSSR count). The molecular formula is C46H90O4. The highest BCUT2D eigenvalue weighted by molar-refractivity contribution is 5.69. The van der Waals surface area contributed by atoms with Crippen LogP contribution in [0.15, 0.2) is 0 Å². The van der Waals surface area contributed by atoms with Crippen LogP contribution in [-0.4, -0.2) is 25.2 Å². The van der Waals surface area contributed by atoms with E-state index in [1.54, 1.807) is 0 Å². The molecule has 0 spiro atoms. The molecule has 0 aromatic rings. The van der Waals surface area contributed by atoms with E-state index in [4.69, 9.17) is 9.47 Å². The molecule has 0 N–H and O–H groups in total. The van der Waals surface area contributed by atoms with Gasteiger partial charge in [0.25, 0.3) is 0 Å². The Morgan fingerprint density at radius 3 is 0.660 bits per heavy atom. The molecule has 0 aromatic carbocycles. The van der Waals surface area contributed by atoms with Gasteiger partial charge in [-0.05, 0) is 25.7 Å². The van der Waals surface area contributed by atoms with Gasteiger partial charge in [-0.1, -0.05) is 232 Å². The molecule has 0 aliphatic heterocycles. The van der Waals surface area contributed by atoms with Crippen LogP contribution >= 0.6 is 0 Å². The summed E-state index contributed by atoms with van der Waals surface area (Å²) in [6, 6.07) is 0. The zero-order chi connectivity index (χ0) is 36.3. The zero-order valence-corrected chi connectivity index (χ0v) is 34.3. The smallest absolute Gasteiger partial charge is 0.305 e. The molecule has 0 atom stereocenters. The maximum absolute atomic E-state index is 11.9. The summed E-state index contributed by atoms with van der Waals surface area (Å²) >= 11 is 0. The van der Waals surface area contributed by atoms with E-state index < -0.39 is 0 Å². The number of hydrogen-bond acceptors (Lipinski definition) is 4. The largest absolute Gasteiger partial charge is 0.466 e. The van der Waals surface area contributed by atoms with Gasteiger partial charge in [-0.2, -0.15) is 0 Å². The van der Waals surface area contributed by atoms with Gasteiger partial charge in [-0.15, -0.1) is 0 Å². The van der Waals surface area contributed by atoms with Crippen LogP contribution in [0.25, 0.3) is 0 Å². The highest BCUT2D eigenvalue weighted by Gasteiger charge is 2.04. The number of esters is 2. The molecule has 0 aliphatic carbocycles. The fraction of sp³-hybridized carbons (Fsp3) is 0.957. The molecule has 298 valence electrons. The third-order valence-corrected chi connectivity index (χ3v) is 10.5. The Balaban J connectivity index is 3.19. The minimum Gasteiger partial charge on any atom is -0.466 e. The Morgan fingerprint density at radius 1 is 0.260 bits per heavy atom. The van der Waals surface area contributed by atoms with Gasteiger partial charge in [-0.25, -0.2) is 0 Å². The summed E-state index contributed by atoms with van der Waals surface area (Å²) in [5.74, 6) is 0.0284. The monoisotopic (exact) mass is 707 g/mol. The van der Waals surface area contributed by atoms with Crippen LogP contribution in [0.3, 0.4) is 0 Å². The molecule has 0 radical (unpaired) electrons. The second-order valence-corrected chi connectivity index (χ2v) is 15.7. The summed E-state index contributed by atoms with van der Waals surface area (Å²) in [6.45, 7) is 5.78. The molecular weight excluding hydrogens is 617 g/mol. The fourth-order valence-corrected chi connectivity index (χ4v) is 7.06. The van der Waals surface area contributed by atoms with Crippen LogP contribution in [0.5, 0.6) is 0 Å². The fourth-order valence-electron chi connectivity index (χ4n) is 7.06. The summed E-state index contributed by atoms with van der Waals surface area (Å²) < 4.78 is 10.9. The van der Waals surface area contributed by atoms with Crippen molar-refractivity contribution in [3.05, 3.63) is 0 Å². The molecule has 0 amide bonds. The van der Waals surface area contributed by atoms with Crippen molar-refractivity contribution in [2.24, 2.45) is 0 Å². The molecule has 4 nitrogen and oxygen atoms in total. The van der Waals surface area contributed by atoms with Gasteiger partial charge in [-0.3, -0.25) is 9.59 Å². The van der Waals surface area contributed by atoms with Gasteiger partial charge in [0.15, 0.2) is 0 Å². The van der Waals surface area contributed by atoms with E-state index in [0.29, 0.717) is 26.1 Å². The Labute approximate surface area is 314 Å². The maximum Gasteiger partial charge on any atom is 0.305 e. The van der Waals surface area contributed by atoms with E-state index in [1.807, 2.05) is 0 Å². The van der Waals surface area contributed by atoms with Crippen molar-refractivity contribution in [3.8, 4) is 0 Å². The highest BCUT2D eigenvalue weighted by Crippen LogP contribution is 2.16. The summed E-state index contributed by atoms with van der Waals surface area (Å²) in [4.78, 5) is 23.9. The second kappa shape index (κ2) is 44.1. The van der Waals surface area contributed by atoms with E-state index in [1.165, 1.54) is 218 Å². The first-order valence-electron chi connectivity index (χ1n) is 23.0. The predicted octanol–water partition coefficient (Wildman–Crippen LogP) is 15.7. The van der Waals surface area contributed by atoms with E-state index in [-0.39, 0.29) is 11.9 Å². The minimum atomic E-state index is 0.0142. The van der Waals surface area contributed by atoms with Gasteiger partial charge in [0, 0.05) is 12.8 Å². The number of carbonyl (C=O) groups is 2. The Kier molecular flexibility index (Phi) is 43.2. The average Bonchev–Trinajstić information content (AvgIpc) is 3.12. The van der Waals surface area contributed by atoms with E-state index >= 15 is 0 Å². The zero-order valence-electron chi connectivity index (χ0n) is 34.3. The van der Waals surface area contributed by atoms with Crippen molar-refractivity contribution in [2.75, 3.05) is 13.2 Å². The normalized spacial score (nSPS) is 11.3. The molecule has 0 unspecified atom stereocenters. The van der Waals surface area contributed by atoms with Crippen molar-refractivity contribution in [2.45, 2.75) is 271 Å². The molecule has 0 saturated carbocycles. The maximum atomic E-state index is 11.9. The summed E-state index contributed by atoms with van der Waals surface area (Å²) in [7, 11) is 0. The highest BCUT2D eigenvalue weighted by atomic mass is 16.5. The van der Waals surface area contributed by atoms with Crippen molar-refractivity contribution in [1.82, 2.24) is 0 Å². The Morgan fingerprint density at radius 2 is 0.440 bits per heavy atom. The lowest BCUT2D eigenvalue weighted by molar-refractivity contribution is -0.144. The SMILES string of the molecule is CCCCCCCCCCCCCC(=O)OCCCCCCCCCCCCCCCCCCOC(=O)CCCCCCCCCCCCC. The first-order valence-corrected chi connectivity index (χ1v) is 23.0. The molecule has 50 heavy (non-hydrogen) atoms. The first-order chi connectivity index (χ1) is 24.7. The van der Waals surface area contributed by atoms with E-state index in [9.17, 15) is 9.59 Å². The number of ether oxygens (including phenoxy) is 2. The van der Waals surface area contributed by atoms with Crippen LogP contribution in [0.4, 0.5) is 0 Å². The quantitative estimate of drug-likeness (QED) is 0.0468. The van der Waals surface area contributed by atoms with Crippen molar-refractivity contribution in [1.29, 1.82) is 0 Å². The first kappa shape index (κ1) is 48.9. The van der Waals surface area contributed by atoms with E-state index in [0.717, 1.165) is 25.7 Å². The van der Waals surface area contributed by atoms with Crippen molar-refractivity contribution in [3.63, 3.8) is 0 Å². The standard InChI is InChI=1S/C46H90O4/c1-3-5-7-9-11-13-21-25-29-33-37-41-45(47)49-43-39-35-31-27-23-19-17-15-16-18-20-24-28-32-36-40-44-50-46(48)42-38-34-30-26-22-14-12-10-8-6-4-2/h3-44H2,1-2H3. The number of carbonyl (C=O) groups excluding carboxylic acids is 2. The second-order valence-electron chi connectivity index (χ2n) is 15.7. The van der Waals surface area contributed by atoms with Crippen LogP contribution < -0.4 is 0 Å². The molecule has 0 heterocycles. The van der Waals surface area contributed by atoms with Gasteiger partial charge < -0.3 is 9.47 Å². The molecule has 0 bridgehead atoms. The molecule has 0 aliphatic rings. The summed E-state index contributed by atoms with van der Waals surface area (Å²) in [5.41, 5.74) is 0. The van der Waals surface area contributed by atoms with Gasteiger partial charge in [0.2, 0.25) is 0 Å². The van der Waals surface area contributed by atoms with Crippen molar-refractivity contribution < 1.29 is 19.1 Å². The van der Waals surface area contributed by atoms with Gasteiger partial charge in [0.05, 0.1) is 13.2 Å². The van der Waals surface area contributed by atoms with Crippen LogP contribution in [0.1, 0.15) is 271 Å². The van der Waals surface area contributed by atoms with E-state index in [2.05, 4.69) is 13.8 Å². The lowest BCUT2D eigenvalue weighted by atomic mass is 10.0. The molecule has 0 fully saturated rings. The predicted molar refractivity (Wildman–Crippen MR) is 218 cm³/mol. The van der Waals surface area contributed by atoms with Crippen LogP contribution in [0, 0.1) is 0 Å². The topological polar surface area (TPSA) is 52.6 Å². The van der Waals surface area contributed by atoms with Crippen LogP contribution in [-0.2, 0) is 19.1 Å². The van der Waals surface area contributed by atoms with Crippen LogP contribution in [0.2, 0.25) is 0 Å². The average molecular weight is 707 g/mol. The molecule has 4 heteroatoms. The summed E-state index contributed by atoms with van der Waals surface area (Å²) in [6.07, 6.45) is 50.7. The number of unbranched alkanes of at least 4 members (excludes halogenated alkanes) is 35. The van der Waals surface area contributed by atoms with Gasteiger partial charge >= 0.3 is 11.9 Å².